The van der Waals surface area contributed by atoms with Gasteiger partial charge in [0, 0.05) is 0 Å². The minimum Gasteiger partial charge on any atom is -0.446 e. The van der Waals surface area contributed by atoms with Crippen molar-refractivity contribution >= 4 is 17.0 Å². The summed E-state index contributed by atoms with van der Waals surface area (Å²) >= 11 is 0. The standard InChI is InChI=1S/C7H7N3O/c1-4-5-2-3-11-6(5)10-7(8)9-4/h2-3H,1H3,(H2,8,9,10). The van der Waals surface area contributed by atoms with Gasteiger partial charge in [-0.1, -0.05) is 0 Å². The average Bonchev–Trinajstić information content (AvgIpc) is 2.34. The minimum atomic E-state index is 0.255. The quantitative estimate of drug-likeness (QED) is 0.609. The molecule has 2 rings (SSSR count). The van der Waals surface area contributed by atoms with Crippen molar-refractivity contribution in [3.05, 3.63) is 18.0 Å². The first-order valence-corrected chi connectivity index (χ1v) is 3.24. The zero-order chi connectivity index (χ0) is 7.84. The van der Waals surface area contributed by atoms with E-state index in [2.05, 4.69) is 9.97 Å². The van der Waals surface area contributed by atoms with E-state index < -0.39 is 0 Å². The third-order valence-corrected chi connectivity index (χ3v) is 1.53. The van der Waals surface area contributed by atoms with E-state index in [1.165, 1.54) is 0 Å². The van der Waals surface area contributed by atoms with Crippen LogP contribution < -0.4 is 5.73 Å². The van der Waals surface area contributed by atoms with Crippen LogP contribution in [0.15, 0.2) is 16.7 Å². The highest BCUT2D eigenvalue weighted by molar-refractivity contribution is 5.76. The summed E-state index contributed by atoms with van der Waals surface area (Å²) in [5, 5.41) is 0.916. The zero-order valence-corrected chi connectivity index (χ0v) is 6.03. The Morgan fingerprint density at radius 2 is 2.27 bits per heavy atom. The number of nitrogens with two attached hydrogens (primary N) is 1. The van der Waals surface area contributed by atoms with Gasteiger partial charge in [-0.25, -0.2) is 4.98 Å². The fourth-order valence-electron chi connectivity index (χ4n) is 1.02. The molecule has 0 aliphatic rings. The lowest BCUT2D eigenvalue weighted by Gasteiger charge is -1.94. The van der Waals surface area contributed by atoms with Crippen molar-refractivity contribution in [3.63, 3.8) is 0 Å². The lowest BCUT2D eigenvalue weighted by Crippen LogP contribution is -1.95. The SMILES string of the molecule is Cc1nc(N)nc2occc12. The molecule has 0 atom stereocenters. The molecular formula is C7H7N3O. The maximum absolute atomic E-state index is 5.40. The van der Waals surface area contributed by atoms with E-state index in [0.717, 1.165) is 11.1 Å². The molecule has 56 valence electrons. The largest absolute Gasteiger partial charge is 0.446 e. The van der Waals surface area contributed by atoms with Crippen LogP contribution in [-0.2, 0) is 0 Å². The number of anilines is 1. The maximum Gasteiger partial charge on any atom is 0.230 e. The van der Waals surface area contributed by atoms with Gasteiger partial charge in [0.25, 0.3) is 0 Å². The van der Waals surface area contributed by atoms with Crippen molar-refractivity contribution in [2.45, 2.75) is 6.92 Å². The molecule has 0 fully saturated rings. The summed E-state index contributed by atoms with van der Waals surface area (Å²) in [5.74, 6) is 0.255. The second-order valence-corrected chi connectivity index (χ2v) is 2.31. The van der Waals surface area contributed by atoms with Crippen molar-refractivity contribution in [3.8, 4) is 0 Å². The summed E-state index contributed by atoms with van der Waals surface area (Å²) in [7, 11) is 0. The number of furan rings is 1. The Balaban J connectivity index is 2.91. The Hall–Kier alpha value is -1.58. The molecule has 2 N–H and O–H groups in total. The van der Waals surface area contributed by atoms with Gasteiger partial charge in [-0.15, -0.1) is 0 Å². The van der Waals surface area contributed by atoms with E-state index in [-0.39, 0.29) is 5.95 Å². The smallest absolute Gasteiger partial charge is 0.230 e. The molecule has 0 saturated carbocycles. The third kappa shape index (κ3) is 0.832. The molecule has 2 aromatic rings. The van der Waals surface area contributed by atoms with Crippen molar-refractivity contribution in [2.75, 3.05) is 5.73 Å². The first-order valence-electron chi connectivity index (χ1n) is 3.24. The van der Waals surface area contributed by atoms with E-state index in [1.54, 1.807) is 6.26 Å². The Kier molecular flexibility index (Phi) is 1.09. The Morgan fingerprint density at radius 1 is 1.45 bits per heavy atom. The second-order valence-electron chi connectivity index (χ2n) is 2.31. The van der Waals surface area contributed by atoms with Crippen LogP contribution >= 0.6 is 0 Å². The van der Waals surface area contributed by atoms with Gasteiger partial charge in [-0.05, 0) is 13.0 Å². The van der Waals surface area contributed by atoms with Crippen LogP contribution in [0.25, 0.3) is 11.1 Å². The molecule has 0 radical (unpaired) electrons. The van der Waals surface area contributed by atoms with Gasteiger partial charge >= 0.3 is 0 Å². The lowest BCUT2D eigenvalue weighted by molar-refractivity contribution is 0.603. The van der Waals surface area contributed by atoms with E-state index >= 15 is 0 Å². The summed E-state index contributed by atoms with van der Waals surface area (Å²) < 4.78 is 5.05. The summed E-state index contributed by atoms with van der Waals surface area (Å²) in [5.41, 5.74) is 6.80. The molecular weight excluding hydrogens is 142 g/mol. The van der Waals surface area contributed by atoms with Crippen molar-refractivity contribution in [1.29, 1.82) is 0 Å². The highest BCUT2D eigenvalue weighted by Crippen LogP contribution is 2.15. The van der Waals surface area contributed by atoms with Gasteiger partial charge in [-0.3, -0.25) is 0 Å². The van der Waals surface area contributed by atoms with Crippen LogP contribution in [0.2, 0.25) is 0 Å². The Labute approximate surface area is 63.1 Å². The number of hydrogen-bond donors (Lipinski definition) is 1. The molecule has 0 aliphatic carbocycles. The van der Waals surface area contributed by atoms with Gasteiger partial charge in [0.2, 0.25) is 11.7 Å². The molecule has 0 bridgehead atoms. The van der Waals surface area contributed by atoms with Crippen LogP contribution in [0.3, 0.4) is 0 Å². The zero-order valence-electron chi connectivity index (χ0n) is 6.03. The molecule has 4 heteroatoms. The van der Waals surface area contributed by atoms with Crippen molar-refractivity contribution < 1.29 is 4.42 Å². The van der Waals surface area contributed by atoms with E-state index in [4.69, 9.17) is 10.2 Å². The van der Waals surface area contributed by atoms with Crippen LogP contribution in [0, 0.1) is 6.92 Å². The number of nitrogen functional groups attached to an aromatic ring is 1. The fraction of sp³-hybridized carbons (Fsp3) is 0.143. The van der Waals surface area contributed by atoms with Crippen molar-refractivity contribution in [2.24, 2.45) is 0 Å². The number of nitrogens with zero attached hydrogens (tertiary/aromatic N) is 2. The summed E-state index contributed by atoms with van der Waals surface area (Å²) in [6.45, 7) is 1.87. The van der Waals surface area contributed by atoms with E-state index in [0.29, 0.717) is 5.71 Å². The Bertz CT molecular complexity index is 393. The average molecular weight is 149 g/mol. The molecule has 11 heavy (non-hydrogen) atoms. The minimum absolute atomic E-state index is 0.255. The van der Waals surface area contributed by atoms with E-state index in [9.17, 15) is 0 Å². The first kappa shape index (κ1) is 6.15. The van der Waals surface area contributed by atoms with E-state index in [1.807, 2.05) is 13.0 Å². The predicted molar refractivity (Wildman–Crippen MR) is 41.0 cm³/mol. The Morgan fingerprint density at radius 3 is 3.09 bits per heavy atom. The molecule has 2 aromatic heterocycles. The topological polar surface area (TPSA) is 64.9 Å². The van der Waals surface area contributed by atoms with Crippen LogP contribution in [0.1, 0.15) is 5.69 Å². The van der Waals surface area contributed by atoms with Gasteiger partial charge in [0.15, 0.2) is 0 Å². The highest BCUT2D eigenvalue weighted by atomic mass is 16.3. The predicted octanol–water partition coefficient (Wildman–Crippen LogP) is 1.11. The molecule has 0 aromatic carbocycles. The highest BCUT2D eigenvalue weighted by Gasteiger charge is 2.03. The molecule has 0 aliphatic heterocycles. The maximum atomic E-state index is 5.40. The number of aryl methyl sites for hydroxylation is 1. The molecule has 0 saturated heterocycles. The normalized spacial score (nSPS) is 10.6. The van der Waals surface area contributed by atoms with Crippen molar-refractivity contribution in [1.82, 2.24) is 9.97 Å². The third-order valence-electron chi connectivity index (χ3n) is 1.53. The lowest BCUT2D eigenvalue weighted by atomic mass is 10.3. The molecule has 2 heterocycles. The summed E-state index contributed by atoms with van der Waals surface area (Å²) in [4.78, 5) is 7.88. The van der Waals surface area contributed by atoms with Gasteiger partial charge < -0.3 is 10.2 Å². The van der Waals surface area contributed by atoms with Crippen LogP contribution in [0.5, 0.6) is 0 Å². The van der Waals surface area contributed by atoms with Gasteiger partial charge in [0.05, 0.1) is 17.3 Å². The fourth-order valence-corrected chi connectivity index (χ4v) is 1.02. The molecule has 0 amide bonds. The van der Waals surface area contributed by atoms with Crippen LogP contribution in [0.4, 0.5) is 5.95 Å². The first-order chi connectivity index (χ1) is 5.27. The number of fused-ring (bicyclic) bond motifs is 1. The molecule has 0 unspecified atom stereocenters. The number of hydrogen-bond acceptors (Lipinski definition) is 4. The number of rotatable bonds is 0. The molecule has 4 nitrogen and oxygen atoms in total. The monoisotopic (exact) mass is 149 g/mol. The summed E-state index contributed by atoms with van der Waals surface area (Å²) in [6.07, 6.45) is 1.58. The number of aromatic nitrogens is 2. The molecule has 0 spiro atoms. The van der Waals surface area contributed by atoms with Gasteiger partial charge in [-0.2, -0.15) is 4.98 Å². The van der Waals surface area contributed by atoms with Crippen LogP contribution in [-0.4, -0.2) is 9.97 Å². The summed E-state index contributed by atoms with van der Waals surface area (Å²) in [6, 6.07) is 1.82. The van der Waals surface area contributed by atoms with Gasteiger partial charge in [0.1, 0.15) is 0 Å². The second kappa shape index (κ2) is 1.95.